The number of nitrogens with zero attached hydrogens (tertiary/aromatic N) is 4. The van der Waals surface area contributed by atoms with Gasteiger partial charge in [0.05, 0.1) is 23.2 Å². The van der Waals surface area contributed by atoms with E-state index in [0.29, 0.717) is 34.7 Å². The summed E-state index contributed by atoms with van der Waals surface area (Å²) in [6, 6.07) is 15.8. The fraction of sp³-hybridized carbons (Fsp3) is 0.407. The van der Waals surface area contributed by atoms with Gasteiger partial charge < -0.3 is 5.32 Å². The molecule has 7 nitrogen and oxygen atoms in total. The minimum absolute atomic E-state index is 0.00924. The molecule has 1 aliphatic carbocycles. The number of rotatable bonds is 6. The molecule has 2 heterocycles. The first-order chi connectivity index (χ1) is 16.9. The molecule has 0 unspecified atom stereocenters. The second-order valence-corrected chi connectivity index (χ2v) is 10.7. The topological polar surface area (TPSA) is 81.3 Å². The summed E-state index contributed by atoms with van der Waals surface area (Å²) in [7, 11) is 0. The zero-order chi connectivity index (χ0) is 24.5. The number of para-hydroxylation sites is 1. The number of amides is 1. The number of benzene rings is 2. The quantitative estimate of drug-likeness (QED) is 0.405. The van der Waals surface area contributed by atoms with Gasteiger partial charge in [0.1, 0.15) is 0 Å². The Labute approximate surface area is 208 Å². The van der Waals surface area contributed by atoms with Crippen LogP contribution in [0.2, 0.25) is 0 Å². The molecule has 182 valence electrons. The molecule has 1 aliphatic rings. The lowest BCUT2D eigenvalue weighted by atomic mass is 9.78. The van der Waals surface area contributed by atoms with Crippen molar-refractivity contribution in [3.8, 4) is 0 Å². The third kappa shape index (κ3) is 4.72. The lowest BCUT2D eigenvalue weighted by molar-refractivity contribution is -0.120. The van der Waals surface area contributed by atoms with Gasteiger partial charge in [-0.15, -0.1) is 10.2 Å². The van der Waals surface area contributed by atoms with Gasteiger partial charge in [-0.1, -0.05) is 80.4 Å². The predicted molar refractivity (Wildman–Crippen MR) is 140 cm³/mol. The first-order valence-electron chi connectivity index (χ1n) is 12.3. The Morgan fingerprint density at radius 3 is 2.66 bits per heavy atom. The Balaban J connectivity index is 1.44. The average molecular weight is 490 g/mol. The molecule has 0 saturated heterocycles. The zero-order valence-corrected chi connectivity index (χ0v) is 21.2. The van der Waals surface area contributed by atoms with Gasteiger partial charge in [0, 0.05) is 6.04 Å². The first kappa shape index (κ1) is 23.6. The summed E-state index contributed by atoms with van der Waals surface area (Å²) in [5.74, 6) is 1.84. The highest BCUT2D eigenvalue weighted by Crippen LogP contribution is 2.30. The van der Waals surface area contributed by atoms with E-state index in [1.807, 2.05) is 59.9 Å². The fourth-order valence-electron chi connectivity index (χ4n) is 5.01. The van der Waals surface area contributed by atoms with Gasteiger partial charge in [-0.05, 0) is 42.9 Å². The fourth-order valence-corrected chi connectivity index (χ4v) is 5.76. The lowest BCUT2D eigenvalue weighted by Crippen LogP contribution is -2.44. The summed E-state index contributed by atoms with van der Waals surface area (Å²) >= 11 is 1.35. The van der Waals surface area contributed by atoms with E-state index < -0.39 is 0 Å². The van der Waals surface area contributed by atoms with Crippen molar-refractivity contribution in [2.24, 2.45) is 11.8 Å². The van der Waals surface area contributed by atoms with Crippen LogP contribution in [0.3, 0.4) is 0 Å². The van der Waals surface area contributed by atoms with Crippen LogP contribution in [0.25, 0.3) is 16.7 Å². The molecule has 2 aromatic heterocycles. The Bertz CT molecular complexity index is 1430. The number of carbonyl (C=O) groups excluding carboxylic acids is 1. The normalized spacial score (nSPS) is 20.4. The average Bonchev–Trinajstić information content (AvgIpc) is 3.28. The Morgan fingerprint density at radius 2 is 1.86 bits per heavy atom. The molecule has 0 radical (unpaired) electrons. The molecule has 0 aliphatic heterocycles. The van der Waals surface area contributed by atoms with Crippen LogP contribution in [0.4, 0.5) is 0 Å². The van der Waals surface area contributed by atoms with Crippen molar-refractivity contribution in [3.63, 3.8) is 0 Å². The second kappa shape index (κ2) is 9.85. The van der Waals surface area contributed by atoms with E-state index in [0.717, 1.165) is 23.9 Å². The summed E-state index contributed by atoms with van der Waals surface area (Å²) < 4.78 is 3.56. The molecule has 2 aromatic carbocycles. The highest BCUT2D eigenvalue weighted by molar-refractivity contribution is 7.99. The zero-order valence-electron chi connectivity index (χ0n) is 20.4. The molecule has 1 fully saturated rings. The molecule has 8 heteroatoms. The number of hydrogen-bond acceptors (Lipinski definition) is 5. The van der Waals surface area contributed by atoms with Crippen LogP contribution in [0.1, 0.15) is 44.2 Å². The highest BCUT2D eigenvalue weighted by atomic mass is 32.2. The third-order valence-corrected chi connectivity index (χ3v) is 8.25. The first-order valence-corrected chi connectivity index (χ1v) is 13.3. The summed E-state index contributed by atoms with van der Waals surface area (Å²) in [4.78, 5) is 26.2. The van der Waals surface area contributed by atoms with Gasteiger partial charge in [0.2, 0.25) is 11.7 Å². The molecular weight excluding hydrogens is 458 g/mol. The van der Waals surface area contributed by atoms with Crippen molar-refractivity contribution < 1.29 is 4.79 Å². The van der Waals surface area contributed by atoms with Crippen molar-refractivity contribution in [2.75, 3.05) is 5.75 Å². The van der Waals surface area contributed by atoms with Crippen LogP contribution in [0.5, 0.6) is 0 Å². The smallest absolute Gasteiger partial charge is 0.263 e. The van der Waals surface area contributed by atoms with Gasteiger partial charge >= 0.3 is 0 Å². The van der Waals surface area contributed by atoms with Crippen LogP contribution < -0.4 is 10.9 Å². The predicted octanol–water partition coefficient (Wildman–Crippen LogP) is 4.43. The van der Waals surface area contributed by atoms with Crippen LogP contribution in [0, 0.1) is 18.8 Å². The van der Waals surface area contributed by atoms with E-state index >= 15 is 0 Å². The van der Waals surface area contributed by atoms with Gasteiger partial charge in [-0.2, -0.15) is 0 Å². The van der Waals surface area contributed by atoms with Gasteiger partial charge in [0.25, 0.3) is 5.56 Å². The lowest BCUT2D eigenvalue weighted by Gasteiger charge is -2.34. The third-order valence-electron chi connectivity index (χ3n) is 7.33. The van der Waals surface area contributed by atoms with E-state index in [2.05, 4.69) is 29.4 Å². The Hall–Kier alpha value is -3.13. The number of nitrogens with one attached hydrogen (secondary N) is 1. The SMILES string of the molecule is Cc1ccc(Cn2c(=O)c3ccccc3n3c(SCC(=O)N[C@H]4CCC[C@H](C)[C@@H]4C)nnc23)cc1. The van der Waals surface area contributed by atoms with Crippen molar-refractivity contribution in [3.05, 3.63) is 70.0 Å². The van der Waals surface area contributed by atoms with Gasteiger partial charge in [-0.25, -0.2) is 0 Å². The number of carbonyl (C=O) groups is 1. The van der Waals surface area contributed by atoms with Crippen LogP contribution in [0.15, 0.2) is 58.5 Å². The summed E-state index contributed by atoms with van der Waals surface area (Å²) in [6.45, 7) is 6.93. The molecule has 5 rings (SSSR count). The molecule has 35 heavy (non-hydrogen) atoms. The number of fused-ring (bicyclic) bond motifs is 3. The van der Waals surface area contributed by atoms with Gasteiger partial charge in [0.15, 0.2) is 5.16 Å². The molecule has 4 aromatic rings. The molecule has 1 N–H and O–H groups in total. The van der Waals surface area contributed by atoms with E-state index in [4.69, 9.17) is 0 Å². The molecule has 1 amide bonds. The maximum atomic E-state index is 13.4. The Morgan fingerprint density at radius 1 is 1.09 bits per heavy atom. The maximum absolute atomic E-state index is 13.4. The molecule has 3 atom stereocenters. The monoisotopic (exact) mass is 489 g/mol. The van der Waals surface area contributed by atoms with Crippen LogP contribution >= 0.6 is 11.8 Å². The van der Waals surface area contributed by atoms with Crippen molar-refractivity contribution in [1.29, 1.82) is 0 Å². The van der Waals surface area contributed by atoms with E-state index in [1.165, 1.54) is 23.7 Å². The van der Waals surface area contributed by atoms with E-state index in [-0.39, 0.29) is 23.3 Å². The van der Waals surface area contributed by atoms with Crippen LogP contribution in [-0.2, 0) is 11.3 Å². The van der Waals surface area contributed by atoms with E-state index in [9.17, 15) is 9.59 Å². The Kier molecular flexibility index (Phi) is 6.65. The largest absolute Gasteiger partial charge is 0.352 e. The minimum Gasteiger partial charge on any atom is -0.352 e. The second-order valence-electron chi connectivity index (χ2n) is 9.74. The number of hydrogen-bond donors (Lipinski definition) is 1. The molecule has 0 spiro atoms. The van der Waals surface area contributed by atoms with Gasteiger partial charge in [-0.3, -0.25) is 18.6 Å². The highest BCUT2D eigenvalue weighted by Gasteiger charge is 2.28. The molecule has 0 bridgehead atoms. The molecular formula is C27H31N5O2S. The summed E-state index contributed by atoms with van der Waals surface area (Å²) in [6.07, 6.45) is 3.42. The number of aromatic nitrogens is 4. The van der Waals surface area contributed by atoms with E-state index in [1.54, 1.807) is 4.57 Å². The maximum Gasteiger partial charge on any atom is 0.263 e. The van der Waals surface area contributed by atoms with Crippen molar-refractivity contribution in [2.45, 2.75) is 57.8 Å². The van der Waals surface area contributed by atoms with Crippen molar-refractivity contribution >= 4 is 34.3 Å². The minimum atomic E-state index is -0.101. The van der Waals surface area contributed by atoms with Crippen molar-refractivity contribution in [1.82, 2.24) is 24.5 Å². The standard InChI is InChI=1S/C27H31N5O2S/c1-17-11-13-20(14-12-17)15-31-25(34)21-8-4-5-10-23(21)32-26(31)29-30-27(32)35-16-24(33)28-22-9-6-7-18(2)19(22)3/h4-5,8,10-14,18-19,22H,6-7,9,15-16H2,1-3H3,(H,28,33)/t18-,19-,22-/m0/s1. The number of aryl methyl sites for hydroxylation is 1. The molecule has 1 saturated carbocycles. The van der Waals surface area contributed by atoms with Crippen LogP contribution in [-0.4, -0.2) is 36.9 Å². The number of thioether (sulfide) groups is 1. The summed E-state index contributed by atoms with van der Waals surface area (Å²) in [5.41, 5.74) is 2.83. The summed E-state index contributed by atoms with van der Waals surface area (Å²) in [5, 5.41) is 13.2.